The summed E-state index contributed by atoms with van der Waals surface area (Å²) in [4.78, 5) is 16.9. The van der Waals surface area contributed by atoms with E-state index in [0.717, 1.165) is 50.7 Å². The van der Waals surface area contributed by atoms with E-state index < -0.39 is 0 Å². The molecule has 5 rings (SSSR count). The van der Waals surface area contributed by atoms with Crippen molar-refractivity contribution < 1.29 is 9.53 Å². The van der Waals surface area contributed by atoms with Crippen molar-refractivity contribution >= 4 is 39.3 Å². The summed E-state index contributed by atoms with van der Waals surface area (Å²) in [6.07, 6.45) is 3.64. The van der Waals surface area contributed by atoms with Gasteiger partial charge in [0.05, 0.1) is 7.11 Å². The summed E-state index contributed by atoms with van der Waals surface area (Å²) >= 11 is 6.16. The molecular weight excluding hydrogens is 458 g/mol. The number of rotatable bonds is 7. The lowest BCUT2D eigenvalue weighted by molar-refractivity contribution is 0.0947. The number of carbonyl (C=O) groups excluding carboxylic acids is 1. The van der Waals surface area contributed by atoms with E-state index in [1.54, 1.807) is 7.11 Å². The van der Waals surface area contributed by atoms with Crippen LogP contribution in [-0.2, 0) is 19.9 Å². The van der Waals surface area contributed by atoms with Gasteiger partial charge in [-0.05, 0) is 72.0 Å². The van der Waals surface area contributed by atoms with Gasteiger partial charge in [-0.15, -0.1) is 0 Å². The van der Waals surface area contributed by atoms with E-state index in [1.807, 2.05) is 60.3 Å². The molecular formula is C29H28ClN3O2. The number of aromatic nitrogens is 2. The lowest BCUT2D eigenvalue weighted by Crippen LogP contribution is -2.28. The minimum Gasteiger partial charge on any atom is -0.497 e. The number of halogens is 1. The standard InChI is InChI=1S/C29H28ClN3O2/c1-4-18-5-12-26-24(15-18)27(19-6-8-21(30)9-7-19)28(33(26)2)29(34)31-14-13-20-17-32-25-11-10-22(35-3)16-23(20)25/h5-12,15-17,32H,4,13-14H2,1-3H3,(H,31,34). The molecule has 0 aliphatic carbocycles. The van der Waals surface area contributed by atoms with Gasteiger partial charge in [0.2, 0.25) is 0 Å². The number of H-pyrrole nitrogens is 1. The van der Waals surface area contributed by atoms with Gasteiger partial charge in [0.15, 0.2) is 0 Å². The summed E-state index contributed by atoms with van der Waals surface area (Å²) < 4.78 is 7.36. The lowest BCUT2D eigenvalue weighted by Gasteiger charge is -2.10. The Morgan fingerprint density at radius 3 is 2.60 bits per heavy atom. The Bertz CT molecular complexity index is 1530. The van der Waals surface area contributed by atoms with Crippen LogP contribution in [0.1, 0.15) is 28.5 Å². The van der Waals surface area contributed by atoms with Crippen LogP contribution in [0.25, 0.3) is 32.9 Å². The molecule has 0 bridgehead atoms. The molecule has 3 aromatic carbocycles. The number of aryl methyl sites for hydroxylation is 2. The maximum absolute atomic E-state index is 13.6. The molecule has 6 heteroatoms. The average Bonchev–Trinajstić information content (AvgIpc) is 3.42. The summed E-state index contributed by atoms with van der Waals surface area (Å²) in [5.74, 6) is 0.723. The molecule has 0 aliphatic rings. The van der Waals surface area contributed by atoms with Gasteiger partial charge in [-0.1, -0.05) is 36.7 Å². The fourth-order valence-electron chi connectivity index (χ4n) is 4.77. The number of nitrogens with zero attached hydrogens (tertiary/aromatic N) is 1. The molecule has 2 N–H and O–H groups in total. The third-order valence-corrected chi connectivity index (χ3v) is 6.93. The van der Waals surface area contributed by atoms with Gasteiger partial charge >= 0.3 is 0 Å². The zero-order valence-corrected chi connectivity index (χ0v) is 20.9. The number of amides is 1. The highest BCUT2D eigenvalue weighted by atomic mass is 35.5. The van der Waals surface area contributed by atoms with E-state index >= 15 is 0 Å². The third-order valence-electron chi connectivity index (χ3n) is 6.67. The van der Waals surface area contributed by atoms with E-state index in [2.05, 4.69) is 35.4 Å². The van der Waals surface area contributed by atoms with Crippen molar-refractivity contribution in [2.75, 3.05) is 13.7 Å². The first-order chi connectivity index (χ1) is 17.0. The highest BCUT2D eigenvalue weighted by molar-refractivity contribution is 6.30. The molecule has 0 aliphatic heterocycles. The molecule has 178 valence electrons. The second-order valence-electron chi connectivity index (χ2n) is 8.73. The van der Waals surface area contributed by atoms with E-state index in [0.29, 0.717) is 23.7 Å². The van der Waals surface area contributed by atoms with E-state index in [-0.39, 0.29) is 5.91 Å². The van der Waals surface area contributed by atoms with Crippen molar-refractivity contribution in [3.05, 3.63) is 88.7 Å². The Hall–Kier alpha value is -3.70. The Morgan fingerprint density at radius 1 is 1.06 bits per heavy atom. The van der Waals surface area contributed by atoms with Crippen molar-refractivity contribution in [1.82, 2.24) is 14.9 Å². The molecule has 0 spiro atoms. The first kappa shape index (κ1) is 23.1. The van der Waals surface area contributed by atoms with Crippen molar-refractivity contribution in [2.24, 2.45) is 7.05 Å². The normalized spacial score (nSPS) is 11.3. The van der Waals surface area contributed by atoms with Crippen molar-refractivity contribution in [2.45, 2.75) is 19.8 Å². The molecule has 0 atom stereocenters. The van der Waals surface area contributed by atoms with Crippen LogP contribution >= 0.6 is 11.6 Å². The molecule has 0 radical (unpaired) electrons. The van der Waals surface area contributed by atoms with Gasteiger partial charge in [-0.25, -0.2) is 0 Å². The van der Waals surface area contributed by atoms with Crippen LogP contribution in [0.5, 0.6) is 5.75 Å². The summed E-state index contributed by atoms with van der Waals surface area (Å²) in [5, 5.41) is 6.00. The minimum absolute atomic E-state index is 0.0934. The predicted octanol–water partition coefficient (Wildman–Crippen LogP) is 6.52. The number of benzene rings is 3. The van der Waals surface area contributed by atoms with Gasteiger partial charge in [0.25, 0.3) is 5.91 Å². The van der Waals surface area contributed by atoms with Crippen LogP contribution in [0.4, 0.5) is 0 Å². The highest BCUT2D eigenvalue weighted by Crippen LogP contribution is 2.36. The molecule has 35 heavy (non-hydrogen) atoms. The average molecular weight is 486 g/mol. The van der Waals surface area contributed by atoms with E-state index in [9.17, 15) is 4.79 Å². The van der Waals surface area contributed by atoms with Gasteiger partial charge in [-0.3, -0.25) is 4.79 Å². The number of nitrogens with one attached hydrogen (secondary N) is 2. The highest BCUT2D eigenvalue weighted by Gasteiger charge is 2.22. The third kappa shape index (κ3) is 4.28. The first-order valence-electron chi connectivity index (χ1n) is 11.8. The van der Waals surface area contributed by atoms with Crippen molar-refractivity contribution in [3.63, 3.8) is 0 Å². The van der Waals surface area contributed by atoms with Crippen LogP contribution in [0.15, 0.2) is 66.9 Å². The first-order valence-corrected chi connectivity index (χ1v) is 12.2. The Kier molecular flexibility index (Phi) is 6.27. The summed E-state index contributed by atoms with van der Waals surface area (Å²) in [5.41, 5.74) is 7.02. The Balaban J connectivity index is 1.47. The van der Waals surface area contributed by atoms with Crippen LogP contribution < -0.4 is 10.1 Å². The summed E-state index contributed by atoms with van der Waals surface area (Å²) in [6, 6.07) is 20.1. The van der Waals surface area contributed by atoms with Gasteiger partial charge in [-0.2, -0.15) is 0 Å². The quantitative estimate of drug-likeness (QED) is 0.275. The molecule has 0 unspecified atom stereocenters. The largest absolute Gasteiger partial charge is 0.497 e. The van der Waals surface area contributed by atoms with Crippen LogP contribution in [-0.4, -0.2) is 29.1 Å². The number of methoxy groups -OCH3 is 1. The fourth-order valence-corrected chi connectivity index (χ4v) is 4.90. The fraction of sp³-hybridized carbons (Fsp3) is 0.207. The number of fused-ring (bicyclic) bond motifs is 2. The Morgan fingerprint density at radius 2 is 1.86 bits per heavy atom. The van der Waals surface area contributed by atoms with Gasteiger partial charge < -0.3 is 19.6 Å². The molecule has 5 aromatic rings. The zero-order chi connectivity index (χ0) is 24.5. The minimum atomic E-state index is -0.0934. The SMILES string of the molecule is CCc1ccc2c(c1)c(-c1ccc(Cl)cc1)c(C(=O)NCCc1c[nH]c3ccc(OC)cc13)n2C. The van der Waals surface area contributed by atoms with Gasteiger partial charge in [0.1, 0.15) is 11.4 Å². The van der Waals surface area contributed by atoms with Crippen LogP contribution in [0.3, 0.4) is 0 Å². The monoisotopic (exact) mass is 485 g/mol. The number of aromatic amines is 1. The zero-order valence-electron chi connectivity index (χ0n) is 20.1. The summed E-state index contributed by atoms with van der Waals surface area (Å²) in [6.45, 7) is 2.66. The second kappa shape index (κ2) is 9.51. The number of ether oxygens (including phenoxy) is 1. The number of hydrogen-bond donors (Lipinski definition) is 2. The van der Waals surface area contributed by atoms with E-state index in [1.165, 1.54) is 5.56 Å². The molecule has 2 aromatic heterocycles. The molecule has 5 nitrogen and oxygen atoms in total. The van der Waals surface area contributed by atoms with Crippen molar-refractivity contribution in [3.8, 4) is 16.9 Å². The second-order valence-corrected chi connectivity index (χ2v) is 9.16. The molecule has 0 saturated heterocycles. The lowest BCUT2D eigenvalue weighted by atomic mass is 9.99. The molecule has 0 saturated carbocycles. The number of hydrogen-bond acceptors (Lipinski definition) is 2. The van der Waals surface area contributed by atoms with Gasteiger partial charge in [0, 0.05) is 52.2 Å². The Labute approximate surface area is 209 Å². The molecule has 1 amide bonds. The van der Waals surface area contributed by atoms with Crippen LogP contribution in [0, 0.1) is 0 Å². The van der Waals surface area contributed by atoms with E-state index in [4.69, 9.17) is 16.3 Å². The maximum Gasteiger partial charge on any atom is 0.268 e. The number of carbonyl (C=O) groups is 1. The summed E-state index contributed by atoms with van der Waals surface area (Å²) in [7, 11) is 3.62. The van der Waals surface area contributed by atoms with Crippen LogP contribution in [0.2, 0.25) is 5.02 Å². The predicted molar refractivity (Wildman–Crippen MR) is 144 cm³/mol. The smallest absolute Gasteiger partial charge is 0.268 e. The maximum atomic E-state index is 13.6. The topological polar surface area (TPSA) is 59.1 Å². The van der Waals surface area contributed by atoms with Crippen molar-refractivity contribution in [1.29, 1.82) is 0 Å². The molecule has 2 heterocycles. The molecule has 0 fully saturated rings.